The molecule has 1 radical (unpaired) electrons. The van der Waals surface area contributed by atoms with Crippen molar-refractivity contribution in [1.82, 2.24) is 4.98 Å². The molecule has 48 heavy (non-hydrogen) atoms. The Morgan fingerprint density at radius 3 is 2.19 bits per heavy atom. The van der Waals surface area contributed by atoms with Crippen molar-refractivity contribution >= 4 is 50.4 Å². The minimum Gasteiger partial charge on any atom is 0 e. The topological polar surface area (TPSA) is 74.0 Å². The molecule has 0 amide bonds. The van der Waals surface area contributed by atoms with Crippen molar-refractivity contribution in [2.45, 2.75) is 94.4 Å². The van der Waals surface area contributed by atoms with Gasteiger partial charge < -0.3 is 5.11 Å². The summed E-state index contributed by atoms with van der Waals surface area (Å²) in [4.78, 5) is 16.5. The number of benzene rings is 3. The number of nitriles is 1. The molecular formula is C42H49IrN2O2Se-. The number of fused-ring (bicyclic) bond motifs is 5. The first-order valence-electron chi connectivity index (χ1n) is 17.0. The van der Waals surface area contributed by atoms with E-state index < -0.39 is 0 Å². The molecule has 0 saturated carbocycles. The summed E-state index contributed by atoms with van der Waals surface area (Å²) in [5.41, 5.74) is 6.61. The number of aryl methyl sites for hydroxylation is 2. The number of aliphatic hydroxyl groups is 1. The second-order valence-electron chi connectivity index (χ2n) is 13.9. The molecule has 5 aromatic rings. The summed E-state index contributed by atoms with van der Waals surface area (Å²) in [5, 5.41) is 24.5. The molecule has 4 nitrogen and oxygen atoms in total. The van der Waals surface area contributed by atoms with Crippen LogP contribution in [0.5, 0.6) is 0 Å². The third kappa shape index (κ3) is 9.13. The number of hydrogen-bond donors (Lipinski definition) is 1. The first kappa shape index (κ1) is 39.4. The maximum absolute atomic E-state index is 11.7. The summed E-state index contributed by atoms with van der Waals surface area (Å²) in [6.07, 6.45) is 7.70. The van der Waals surface area contributed by atoms with Crippen LogP contribution in [0.3, 0.4) is 0 Å². The molecule has 1 N–H and O–H groups in total. The van der Waals surface area contributed by atoms with Gasteiger partial charge in [0, 0.05) is 38.0 Å². The van der Waals surface area contributed by atoms with Crippen LogP contribution in [0.25, 0.3) is 41.3 Å². The van der Waals surface area contributed by atoms with Crippen molar-refractivity contribution in [3.63, 3.8) is 0 Å². The SMILES string of the molecule is CCC(CC)C(=O)/C=C(\O)C(CC)CC.Cc1[c-]c(-c2ncc(C#N)c3c2[se]c2c4ccc(CC(C)(C)C)cc4ccc23)cc(C)c1.[Ir]. The standard InChI is InChI=1S/C29H25N2Se.C13H24O2.Ir/c1-17-10-18(2)12-21(11-17)26-28-25(22(15-30)16-31-26)24-9-7-20-13-19(14-29(3,4)5)6-8-23(20)27(24)32-28;1-5-10(6-2)12(14)9-13(15)11(7-3)8-4;/h6-11,13,16H,14H2,1-5H3;9-11,14H,5-8H2,1-4H3;/q-1;;/b;12-9-;. The second-order valence-corrected chi connectivity index (χ2v) is 16.1. The predicted molar refractivity (Wildman–Crippen MR) is 199 cm³/mol. The number of nitrogens with zero attached hydrogens (tertiary/aromatic N) is 2. The Labute approximate surface area is 306 Å². The van der Waals surface area contributed by atoms with Crippen molar-refractivity contribution in [3.05, 3.63) is 88.8 Å². The van der Waals surface area contributed by atoms with Gasteiger partial charge in [-0.15, -0.1) is 0 Å². The Balaban J connectivity index is 0.000000334. The van der Waals surface area contributed by atoms with E-state index in [4.69, 9.17) is 4.98 Å². The van der Waals surface area contributed by atoms with E-state index in [0.29, 0.717) is 5.56 Å². The molecule has 0 atom stereocenters. The molecule has 0 fully saturated rings. The minimum atomic E-state index is 0. The van der Waals surface area contributed by atoms with Gasteiger partial charge in [-0.25, -0.2) is 0 Å². The van der Waals surface area contributed by atoms with Crippen LogP contribution >= 0.6 is 0 Å². The maximum Gasteiger partial charge on any atom is 0 e. The number of ketones is 1. The number of aliphatic hydroxyl groups excluding tert-OH is 1. The van der Waals surface area contributed by atoms with Crippen LogP contribution in [0.2, 0.25) is 0 Å². The quantitative estimate of drug-likeness (QED) is 0.0693. The fraction of sp³-hybridized carbons (Fsp3) is 0.405. The van der Waals surface area contributed by atoms with Gasteiger partial charge in [-0.3, -0.25) is 4.79 Å². The summed E-state index contributed by atoms with van der Waals surface area (Å²) in [5.74, 6) is 0.547. The summed E-state index contributed by atoms with van der Waals surface area (Å²) in [6, 6.07) is 21.5. The molecule has 0 spiro atoms. The smallest absolute Gasteiger partial charge is 0 e. The van der Waals surface area contributed by atoms with Crippen molar-refractivity contribution in [1.29, 1.82) is 5.26 Å². The van der Waals surface area contributed by atoms with Crippen molar-refractivity contribution in [2.24, 2.45) is 17.3 Å². The zero-order valence-electron chi connectivity index (χ0n) is 29.9. The number of allylic oxidation sites excluding steroid dienone is 2. The molecule has 0 saturated heterocycles. The number of aromatic nitrogens is 1. The van der Waals surface area contributed by atoms with E-state index in [2.05, 4.69) is 89.2 Å². The van der Waals surface area contributed by atoms with Gasteiger partial charge in [0.2, 0.25) is 0 Å². The summed E-state index contributed by atoms with van der Waals surface area (Å²) in [6.45, 7) is 19.1. The van der Waals surface area contributed by atoms with Gasteiger partial charge in [-0.2, -0.15) is 0 Å². The molecule has 5 rings (SSSR count). The van der Waals surface area contributed by atoms with E-state index in [0.717, 1.165) is 54.3 Å². The average Bonchev–Trinajstić information content (AvgIpc) is 3.41. The molecule has 0 aliphatic rings. The molecule has 0 aliphatic heterocycles. The molecule has 255 valence electrons. The van der Waals surface area contributed by atoms with Crippen LogP contribution in [0.4, 0.5) is 0 Å². The summed E-state index contributed by atoms with van der Waals surface area (Å²) in [7, 11) is 0. The van der Waals surface area contributed by atoms with Gasteiger partial charge in [-0.05, 0) is 25.7 Å². The van der Waals surface area contributed by atoms with Gasteiger partial charge in [-0.1, -0.05) is 27.7 Å². The van der Waals surface area contributed by atoms with Crippen molar-refractivity contribution in [3.8, 4) is 17.3 Å². The van der Waals surface area contributed by atoms with Gasteiger partial charge in [0.15, 0.2) is 5.78 Å². The van der Waals surface area contributed by atoms with E-state index in [-0.39, 0.29) is 63.4 Å². The Morgan fingerprint density at radius 1 is 0.958 bits per heavy atom. The Bertz CT molecular complexity index is 1950. The number of hydrogen-bond acceptors (Lipinski definition) is 4. The fourth-order valence-corrected chi connectivity index (χ4v) is 9.28. The normalized spacial score (nSPS) is 11.9. The maximum atomic E-state index is 11.7. The van der Waals surface area contributed by atoms with E-state index in [1.54, 1.807) is 6.20 Å². The zero-order chi connectivity index (χ0) is 34.5. The van der Waals surface area contributed by atoms with Crippen LogP contribution in [0.15, 0.2) is 60.5 Å². The average molecular weight is 885 g/mol. The van der Waals surface area contributed by atoms with Crippen LogP contribution in [-0.2, 0) is 31.3 Å². The molecule has 6 heteroatoms. The largest absolute Gasteiger partial charge is 0 e. The number of rotatable bonds is 9. The van der Waals surface area contributed by atoms with Gasteiger partial charge in [0.1, 0.15) is 0 Å². The molecule has 0 aliphatic carbocycles. The third-order valence-electron chi connectivity index (χ3n) is 8.88. The number of pyridine rings is 1. The van der Waals surface area contributed by atoms with E-state index in [1.165, 1.54) is 41.9 Å². The molecule has 2 aromatic heterocycles. The minimum absolute atomic E-state index is 0. The monoisotopic (exact) mass is 886 g/mol. The second kappa shape index (κ2) is 17.0. The van der Waals surface area contributed by atoms with E-state index >= 15 is 0 Å². The Hall–Kier alpha value is -3.06. The van der Waals surface area contributed by atoms with Crippen LogP contribution in [0.1, 0.15) is 96.4 Å². The predicted octanol–water partition coefficient (Wildman–Crippen LogP) is 11.0. The van der Waals surface area contributed by atoms with Crippen LogP contribution in [0, 0.1) is 48.5 Å². The number of carbonyl (C=O) groups excluding carboxylic acids is 1. The molecule has 0 bridgehead atoms. The van der Waals surface area contributed by atoms with Crippen LogP contribution < -0.4 is 0 Å². The van der Waals surface area contributed by atoms with Crippen molar-refractivity contribution in [2.75, 3.05) is 0 Å². The Kier molecular flexibility index (Phi) is 14.0. The van der Waals surface area contributed by atoms with Crippen molar-refractivity contribution < 1.29 is 30.0 Å². The molecule has 0 unspecified atom stereocenters. The molecule has 3 aromatic carbocycles. The van der Waals surface area contributed by atoms with Crippen LogP contribution in [-0.4, -0.2) is 30.4 Å². The fourth-order valence-electron chi connectivity index (χ4n) is 6.42. The van der Waals surface area contributed by atoms with Gasteiger partial charge in [0.05, 0.1) is 5.76 Å². The number of carbonyl (C=O) groups is 1. The van der Waals surface area contributed by atoms with Gasteiger partial charge in [0.25, 0.3) is 0 Å². The summed E-state index contributed by atoms with van der Waals surface area (Å²) < 4.78 is 2.57. The summed E-state index contributed by atoms with van der Waals surface area (Å²) >= 11 is 0.0798. The first-order chi connectivity index (χ1) is 22.3. The van der Waals surface area contributed by atoms with E-state index in [1.807, 2.05) is 27.7 Å². The van der Waals surface area contributed by atoms with E-state index in [9.17, 15) is 15.2 Å². The zero-order valence-corrected chi connectivity index (χ0v) is 34.0. The molecular weight excluding hydrogens is 836 g/mol. The molecule has 2 heterocycles. The third-order valence-corrected chi connectivity index (χ3v) is 11.5. The first-order valence-corrected chi connectivity index (χ1v) is 18.7. The van der Waals surface area contributed by atoms with Gasteiger partial charge >= 0.3 is 196 Å². The Morgan fingerprint density at radius 2 is 1.60 bits per heavy atom.